The van der Waals surface area contributed by atoms with Gasteiger partial charge in [-0.3, -0.25) is 9.59 Å². The van der Waals surface area contributed by atoms with Crippen molar-refractivity contribution in [2.24, 2.45) is 0 Å². The SMILES string of the molecule is CCCCCCCCC/C=C\CCCCCCCC(=O)OCC/C=C\C/C=C\CCCCCCCCCCCCCCCCC(=O)NC(CO)C(O)/C=C/CCCCCCCCCCCCCCCCCC. The lowest BCUT2D eigenvalue weighted by Crippen LogP contribution is -2.45. The highest BCUT2D eigenvalue weighted by Gasteiger charge is 2.18. The first-order chi connectivity index (χ1) is 35.5. The van der Waals surface area contributed by atoms with Gasteiger partial charge in [0.1, 0.15) is 0 Å². The lowest BCUT2D eigenvalue weighted by Gasteiger charge is -2.20. The van der Waals surface area contributed by atoms with Crippen molar-refractivity contribution in [2.45, 2.75) is 347 Å². The number of esters is 1. The second-order valence-electron chi connectivity index (χ2n) is 21.7. The van der Waals surface area contributed by atoms with Crippen molar-refractivity contribution in [1.82, 2.24) is 5.32 Å². The molecule has 0 spiro atoms. The maximum absolute atomic E-state index is 12.5. The minimum absolute atomic E-state index is 0.0433. The first-order valence-electron chi connectivity index (χ1n) is 31.9. The van der Waals surface area contributed by atoms with Gasteiger partial charge in [-0.25, -0.2) is 0 Å². The Morgan fingerprint density at radius 1 is 0.389 bits per heavy atom. The molecule has 1 amide bonds. The lowest BCUT2D eigenvalue weighted by atomic mass is 10.0. The minimum Gasteiger partial charge on any atom is -0.465 e. The normalized spacial score (nSPS) is 12.9. The van der Waals surface area contributed by atoms with Crippen molar-refractivity contribution < 1.29 is 24.5 Å². The maximum atomic E-state index is 12.5. The van der Waals surface area contributed by atoms with Crippen LogP contribution in [0.3, 0.4) is 0 Å². The van der Waals surface area contributed by atoms with Crippen LogP contribution in [0.25, 0.3) is 0 Å². The van der Waals surface area contributed by atoms with E-state index < -0.39 is 12.1 Å². The Morgan fingerprint density at radius 3 is 1.07 bits per heavy atom. The van der Waals surface area contributed by atoms with Crippen molar-refractivity contribution >= 4 is 11.9 Å². The van der Waals surface area contributed by atoms with Crippen LogP contribution in [0.15, 0.2) is 48.6 Å². The summed E-state index contributed by atoms with van der Waals surface area (Å²) >= 11 is 0. The average Bonchev–Trinajstić information content (AvgIpc) is 3.38. The molecule has 0 aliphatic carbocycles. The second kappa shape index (κ2) is 61.4. The van der Waals surface area contributed by atoms with Crippen LogP contribution in [0.5, 0.6) is 0 Å². The fourth-order valence-corrected chi connectivity index (χ4v) is 9.70. The molecule has 0 rings (SSSR count). The first kappa shape index (κ1) is 69.8. The number of hydrogen-bond donors (Lipinski definition) is 3. The smallest absolute Gasteiger partial charge is 0.305 e. The van der Waals surface area contributed by atoms with Crippen LogP contribution in [0.2, 0.25) is 0 Å². The summed E-state index contributed by atoms with van der Waals surface area (Å²) in [4.78, 5) is 24.5. The lowest BCUT2D eigenvalue weighted by molar-refractivity contribution is -0.143. The van der Waals surface area contributed by atoms with Gasteiger partial charge in [0.15, 0.2) is 0 Å². The summed E-state index contributed by atoms with van der Waals surface area (Å²) in [6.45, 7) is 4.80. The molecule has 0 aromatic rings. The molecule has 422 valence electrons. The van der Waals surface area contributed by atoms with E-state index in [0.29, 0.717) is 19.4 Å². The molecule has 2 atom stereocenters. The molecule has 72 heavy (non-hydrogen) atoms. The van der Waals surface area contributed by atoms with E-state index in [2.05, 4.69) is 55.6 Å². The number of hydrogen-bond acceptors (Lipinski definition) is 5. The number of rotatable bonds is 59. The van der Waals surface area contributed by atoms with E-state index in [1.807, 2.05) is 6.08 Å². The molecule has 2 unspecified atom stereocenters. The molecule has 0 heterocycles. The highest BCUT2D eigenvalue weighted by molar-refractivity contribution is 5.76. The zero-order valence-electron chi connectivity index (χ0n) is 48.2. The Bertz CT molecular complexity index is 1210. The van der Waals surface area contributed by atoms with Crippen molar-refractivity contribution in [2.75, 3.05) is 13.2 Å². The predicted octanol–water partition coefficient (Wildman–Crippen LogP) is 20.1. The van der Waals surface area contributed by atoms with Gasteiger partial charge in [0.2, 0.25) is 5.91 Å². The first-order valence-corrected chi connectivity index (χ1v) is 31.9. The van der Waals surface area contributed by atoms with Crippen LogP contribution < -0.4 is 5.32 Å². The Morgan fingerprint density at radius 2 is 0.694 bits per heavy atom. The molecule has 3 N–H and O–H groups in total. The molecule has 0 radical (unpaired) electrons. The summed E-state index contributed by atoms with van der Waals surface area (Å²) in [5, 5.41) is 23.2. The number of carbonyl (C=O) groups excluding carboxylic acids is 2. The van der Waals surface area contributed by atoms with Gasteiger partial charge in [0.05, 0.1) is 25.4 Å². The molecule has 6 nitrogen and oxygen atoms in total. The standard InChI is InChI=1S/C66H123NO5/c1-3-5-7-9-11-13-15-17-19-21-27-30-34-38-42-46-50-54-58-64(69)63(62-68)67-65(70)59-55-51-47-43-39-35-31-28-25-23-22-24-26-29-33-37-41-45-49-53-57-61-72-66(71)60-56-52-48-44-40-36-32-20-18-16-14-12-10-8-6-4-2/h20,32,37,41,49,53-54,58,63-64,68-69H,3-19,21-31,33-36,38-40,42-48,50-52,55-57,59-62H2,1-2H3,(H,67,70)/b32-20-,41-37-,53-49-,58-54+. The largest absolute Gasteiger partial charge is 0.465 e. The Kier molecular flexibility index (Phi) is 59.5. The van der Waals surface area contributed by atoms with Crippen molar-refractivity contribution in [3.05, 3.63) is 48.6 Å². The fraction of sp³-hybridized carbons (Fsp3) is 0.848. The third-order valence-electron chi connectivity index (χ3n) is 14.6. The summed E-state index contributed by atoms with van der Waals surface area (Å²) in [5.74, 6) is -0.115. The molecule has 0 saturated carbocycles. The van der Waals surface area contributed by atoms with Crippen LogP contribution in [0.1, 0.15) is 335 Å². The Hall–Kier alpha value is -2.18. The zero-order valence-corrected chi connectivity index (χ0v) is 48.2. The molecule has 0 aromatic heterocycles. The number of aliphatic hydroxyl groups is 2. The maximum Gasteiger partial charge on any atom is 0.305 e. The molecule has 0 bridgehead atoms. The third-order valence-corrected chi connectivity index (χ3v) is 14.6. The van der Waals surface area contributed by atoms with Gasteiger partial charge in [0.25, 0.3) is 0 Å². The fourth-order valence-electron chi connectivity index (χ4n) is 9.70. The molecule has 0 fully saturated rings. The summed E-state index contributed by atoms with van der Waals surface area (Å²) in [7, 11) is 0. The van der Waals surface area contributed by atoms with Crippen molar-refractivity contribution in [1.29, 1.82) is 0 Å². The van der Waals surface area contributed by atoms with Crippen molar-refractivity contribution in [3.8, 4) is 0 Å². The molecule has 0 aromatic carbocycles. The third kappa shape index (κ3) is 57.1. The van der Waals surface area contributed by atoms with Gasteiger partial charge in [-0.05, 0) is 77.0 Å². The van der Waals surface area contributed by atoms with Gasteiger partial charge in [0, 0.05) is 12.8 Å². The number of carbonyl (C=O) groups is 2. The van der Waals surface area contributed by atoms with Crippen LogP contribution >= 0.6 is 0 Å². The molecule has 0 aliphatic rings. The zero-order chi connectivity index (χ0) is 52.2. The van der Waals surface area contributed by atoms with Gasteiger partial charge in [-0.2, -0.15) is 0 Å². The predicted molar refractivity (Wildman–Crippen MR) is 315 cm³/mol. The highest BCUT2D eigenvalue weighted by Crippen LogP contribution is 2.17. The molecule has 0 saturated heterocycles. The summed E-state index contributed by atoms with van der Waals surface area (Å²) in [5.41, 5.74) is 0. The van der Waals surface area contributed by atoms with Gasteiger partial charge in [-0.1, -0.05) is 294 Å². The van der Waals surface area contributed by atoms with Gasteiger partial charge < -0.3 is 20.3 Å². The monoisotopic (exact) mass is 1010 g/mol. The molecule has 0 aliphatic heterocycles. The van der Waals surface area contributed by atoms with E-state index in [4.69, 9.17) is 4.74 Å². The van der Waals surface area contributed by atoms with Gasteiger partial charge >= 0.3 is 5.97 Å². The molecular formula is C66H123NO5. The number of aliphatic hydroxyl groups excluding tert-OH is 2. The van der Waals surface area contributed by atoms with Crippen LogP contribution in [-0.4, -0.2) is 47.4 Å². The number of ether oxygens (including phenoxy) is 1. The van der Waals surface area contributed by atoms with E-state index >= 15 is 0 Å². The summed E-state index contributed by atoms with van der Waals surface area (Å²) < 4.78 is 5.42. The van der Waals surface area contributed by atoms with Crippen molar-refractivity contribution in [3.63, 3.8) is 0 Å². The highest BCUT2D eigenvalue weighted by atomic mass is 16.5. The number of allylic oxidation sites excluding steroid dienone is 6. The molecule has 6 heteroatoms. The number of unbranched alkanes of at least 4 members (excludes halogenated alkanes) is 42. The number of nitrogens with one attached hydrogen (secondary N) is 1. The van der Waals surface area contributed by atoms with Crippen LogP contribution in [0.4, 0.5) is 0 Å². The van der Waals surface area contributed by atoms with E-state index in [-0.39, 0.29) is 18.5 Å². The van der Waals surface area contributed by atoms with E-state index in [0.717, 1.165) is 51.4 Å². The minimum atomic E-state index is -0.849. The van der Waals surface area contributed by atoms with E-state index in [1.165, 1.54) is 257 Å². The summed E-state index contributed by atoms with van der Waals surface area (Å²) in [6, 6.07) is -0.633. The van der Waals surface area contributed by atoms with Crippen LogP contribution in [0, 0.1) is 0 Å². The topological polar surface area (TPSA) is 95.9 Å². The van der Waals surface area contributed by atoms with E-state index in [1.54, 1.807) is 6.08 Å². The Balaban J connectivity index is 3.48. The van der Waals surface area contributed by atoms with Crippen LogP contribution in [-0.2, 0) is 14.3 Å². The number of amides is 1. The summed E-state index contributed by atoms with van der Waals surface area (Å²) in [6.07, 6.45) is 78.8. The second-order valence-corrected chi connectivity index (χ2v) is 21.7. The molecular weight excluding hydrogens is 887 g/mol. The van der Waals surface area contributed by atoms with E-state index in [9.17, 15) is 19.8 Å². The average molecular weight is 1010 g/mol. The quantitative estimate of drug-likeness (QED) is 0.0320. The van der Waals surface area contributed by atoms with Gasteiger partial charge in [-0.15, -0.1) is 0 Å². The Labute approximate surface area is 448 Å².